The predicted octanol–water partition coefficient (Wildman–Crippen LogP) is 3.54. The third kappa shape index (κ3) is 4.99. The average molecular weight is 309 g/mol. The first kappa shape index (κ1) is 17.3. The maximum Gasteiger partial charge on any atom is 0.309 e. The molecule has 22 heavy (non-hydrogen) atoms. The third-order valence-electron chi connectivity index (χ3n) is 4.65. The Bertz CT molecular complexity index is 401. The number of hydrogen-bond acceptors (Lipinski definition) is 3. The van der Waals surface area contributed by atoms with Gasteiger partial charge in [-0.2, -0.15) is 0 Å². The van der Waals surface area contributed by atoms with Crippen molar-refractivity contribution in [2.75, 3.05) is 6.54 Å². The van der Waals surface area contributed by atoms with Crippen LogP contribution in [0.3, 0.4) is 0 Å². The van der Waals surface area contributed by atoms with Crippen molar-refractivity contribution in [3.8, 4) is 0 Å². The number of amides is 1. The van der Waals surface area contributed by atoms with Crippen LogP contribution in [0.1, 0.15) is 72.6 Å². The fourth-order valence-electron chi connectivity index (χ4n) is 3.24. The molecular weight excluding hydrogens is 278 g/mol. The molecule has 0 aliphatic heterocycles. The lowest BCUT2D eigenvalue weighted by Gasteiger charge is -2.37. The van der Waals surface area contributed by atoms with Gasteiger partial charge in [-0.3, -0.25) is 9.59 Å². The van der Waals surface area contributed by atoms with E-state index in [2.05, 4.69) is 4.90 Å². The van der Waals surface area contributed by atoms with Gasteiger partial charge in [0.15, 0.2) is 0 Å². The number of carbonyl (C=O) groups excluding carboxylic acids is 2. The Morgan fingerprint density at radius 1 is 1.05 bits per heavy atom. The molecule has 1 amide bonds. The maximum atomic E-state index is 12.2. The maximum absolute atomic E-state index is 12.2. The average Bonchev–Trinajstić information content (AvgIpc) is 3.26. The lowest BCUT2D eigenvalue weighted by atomic mass is 9.85. The van der Waals surface area contributed by atoms with Gasteiger partial charge in [-0.05, 0) is 65.2 Å². The van der Waals surface area contributed by atoms with Gasteiger partial charge in [0.05, 0.1) is 5.92 Å². The van der Waals surface area contributed by atoms with Crippen LogP contribution in [0.5, 0.6) is 0 Å². The molecule has 4 heteroatoms. The first-order chi connectivity index (χ1) is 10.3. The lowest BCUT2D eigenvalue weighted by Crippen LogP contribution is -2.44. The van der Waals surface area contributed by atoms with E-state index in [1.807, 2.05) is 27.7 Å². The van der Waals surface area contributed by atoms with Gasteiger partial charge in [0.25, 0.3) is 0 Å². The highest BCUT2D eigenvalue weighted by Gasteiger charge is 2.35. The van der Waals surface area contributed by atoms with Crippen molar-refractivity contribution in [2.45, 2.75) is 84.3 Å². The molecule has 2 saturated carbocycles. The summed E-state index contributed by atoms with van der Waals surface area (Å²) in [6.07, 6.45) is 6.67. The number of esters is 1. The van der Waals surface area contributed by atoms with E-state index in [0.717, 1.165) is 38.1 Å². The summed E-state index contributed by atoms with van der Waals surface area (Å²) >= 11 is 0. The van der Waals surface area contributed by atoms with E-state index < -0.39 is 5.60 Å². The number of ether oxygens (including phenoxy) is 1. The highest BCUT2D eigenvalue weighted by atomic mass is 16.6. The van der Waals surface area contributed by atoms with Gasteiger partial charge in [0.2, 0.25) is 5.91 Å². The summed E-state index contributed by atoms with van der Waals surface area (Å²) in [5.74, 6) is 0.934. The van der Waals surface area contributed by atoms with Crippen LogP contribution in [0.4, 0.5) is 0 Å². The summed E-state index contributed by atoms with van der Waals surface area (Å²) in [6.45, 7) is 8.60. The molecule has 0 unspecified atom stereocenters. The number of nitrogens with zero attached hydrogens (tertiary/aromatic N) is 1. The molecule has 0 aromatic rings. The van der Waals surface area contributed by atoms with Crippen molar-refractivity contribution in [3.63, 3.8) is 0 Å². The Balaban J connectivity index is 1.86. The molecule has 2 fully saturated rings. The second kappa shape index (κ2) is 7.01. The Morgan fingerprint density at radius 3 is 2.09 bits per heavy atom. The van der Waals surface area contributed by atoms with Gasteiger partial charge in [0.1, 0.15) is 5.60 Å². The SMILES string of the molecule is CCC(=O)N(CC1CC1)C1CCC(C(=O)OC(C)(C)C)CC1. The molecule has 0 atom stereocenters. The molecule has 0 saturated heterocycles. The molecule has 0 aromatic carbocycles. The second-order valence-electron chi connectivity index (χ2n) is 7.88. The van der Waals surface area contributed by atoms with Crippen molar-refractivity contribution in [1.82, 2.24) is 4.90 Å². The molecule has 0 radical (unpaired) electrons. The van der Waals surface area contributed by atoms with Crippen LogP contribution >= 0.6 is 0 Å². The van der Waals surface area contributed by atoms with Gasteiger partial charge >= 0.3 is 5.97 Å². The summed E-state index contributed by atoms with van der Waals surface area (Å²) in [4.78, 5) is 26.5. The van der Waals surface area contributed by atoms with Crippen molar-refractivity contribution in [1.29, 1.82) is 0 Å². The van der Waals surface area contributed by atoms with E-state index >= 15 is 0 Å². The molecule has 2 rings (SSSR count). The first-order valence-corrected chi connectivity index (χ1v) is 8.82. The molecule has 2 aliphatic carbocycles. The molecule has 126 valence electrons. The zero-order valence-corrected chi connectivity index (χ0v) is 14.6. The van der Waals surface area contributed by atoms with Crippen LogP contribution in [-0.4, -0.2) is 35.0 Å². The fraction of sp³-hybridized carbons (Fsp3) is 0.889. The minimum Gasteiger partial charge on any atom is -0.460 e. The highest BCUT2D eigenvalue weighted by molar-refractivity contribution is 5.76. The number of carbonyl (C=O) groups is 2. The van der Waals surface area contributed by atoms with E-state index in [0.29, 0.717) is 12.5 Å². The quantitative estimate of drug-likeness (QED) is 0.730. The molecule has 0 N–H and O–H groups in total. The summed E-state index contributed by atoms with van der Waals surface area (Å²) in [6, 6.07) is 0.326. The Kier molecular flexibility index (Phi) is 5.51. The van der Waals surface area contributed by atoms with Gasteiger partial charge in [-0.25, -0.2) is 0 Å². The normalized spacial score (nSPS) is 25.6. The van der Waals surface area contributed by atoms with E-state index in [4.69, 9.17) is 4.74 Å². The highest BCUT2D eigenvalue weighted by Crippen LogP contribution is 2.34. The summed E-state index contributed by atoms with van der Waals surface area (Å²) in [5.41, 5.74) is -0.413. The third-order valence-corrected chi connectivity index (χ3v) is 4.65. The molecule has 0 spiro atoms. The van der Waals surface area contributed by atoms with Crippen molar-refractivity contribution >= 4 is 11.9 Å². The molecule has 0 bridgehead atoms. The molecule has 4 nitrogen and oxygen atoms in total. The summed E-state index contributed by atoms with van der Waals surface area (Å²) < 4.78 is 5.50. The first-order valence-electron chi connectivity index (χ1n) is 8.82. The van der Waals surface area contributed by atoms with Gasteiger partial charge in [-0.1, -0.05) is 6.92 Å². The Morgan fingerprint density at radius 2 is 1.64 bits per heavy atom. The Labute approximate surface area is 134 Å². The smallest absolute Gasteiger partial charge is 0.309 e. The van der Waals surface area contributed by atoms with Gasteiger partial charge in [0, 0.05) is 19.0 Å². The molecule has 0 aromatic heterocycles. The van der Waals surface area contributed by atoms with E-state index in [1.54, 1.807) is 0 Å². The minimum absolute atomic E-state index is 0.00924. The van der Waals surface area contributed by atoms with Crippen LogP contribution in [-0.2, 0) is 14.3 Å². The minimum atomic E-state index is -0.413. The van der Waals surface area contributed by atoms with E-state index in [9.17, 15) is 9.59 Å². The van der Waals surface area contributed by atoms with Crippen LogP contribution in [0.25, 0.3) is 0 Å². The molecular formula is C18H31NO3. The fourth-order valence-corrected chi connectivity index (χ4v) is 3.24. The van der Waals surface area contributed by atoms with E-state index in [-0.39, 0.29) is 17.8 Å². The molecule has 2 aliphatic rings. The van der Waals surface area contributed by atoms with Crippen LogP contribution in [0.15, 0.2) is 0 Å². The lowest BCUT2D eigenvalue weighted by molar-refractivity contribution is -0.161. The monoisotopic (exact) mass is 309 g/mol. The van der Waals surface area contributed by atoms with Gasteiger partial charge < -0.3 is 9.64 Å². The molecule has 0 heterocycles. The van der Waals surface area contributed by atoms with Crippen molar-refractivity contribution in [3.05, 3.63) is 0 Å². The second-order valence-corrected chi connectivity index (χ2v) is 7.88. The summed E-state index contributed by atoms with van der Waals surface area (Å²) in [5, 5.41) is 0. The van der Waals surface area contributed by atoms with Crippen LogP contribution in [0, 0.1) is 11.8 Å². The topological polar surface area (TPSA) is 46.6 Å². The largest absolute Gasteiger partial charge is 0.460 e. The predicted molar refractivity (Wildman–Crippen MR) is 86.3 cm³/mol. The number of hydrogen-bond donors (Lipinski definition) is 0. The summed E-state index contributed by atoms with van der Waals surface area (Å²) in [7, 11) is 0. The zero-order chi connectivity index (χ0) is 16.3. The van der Waals surface area contributed by atoms with Gasteiger partial charge in [-0.15, -0.1) is 0 Å². The number of rotatable bonds is 5. The van der Waals surface area contributed by atoms with E-state index in [1.165, 1.54) is 12.8 Å². The Hall–Kier alpha value is -1.06. The van der Waals surface area contributed by atoms with Crippen molar-refractivity contribution in [2.24, 2.45) is 11.8 Å². The van der Waals surface area contributed by atoms with Crippen molar-refractivity contribution < 1.29 is 14.3 Å². The standard InChI is InChI=1S/C18H31NO3/c1-5-16(20)19(12-13-6-7-13)15-10-8-14(9-11-15)17(21)22-18(2,3)4/h13-15H,5-12H2,1-4H3. The van der Waals surface area contributed by atoms with Crippen LogP contribution in [0.2, 0.25) is 0 Å². The van der Waals surface area contributed by atoms with Crippen LogP contribution < -0.4 is 0 Å². The zero-order valence-electron chi connectivity index (χ0n) is 14.6.